The van der Waals surface area contributed by atoms with E-state index < -0.39 is 18.4 Å². The second-order valence-corrected chi connectivity index (χ2v) is 5.88. The Morgan fingerprint density at radius 2 is 1.69 bits per heavy atom. The zero-order valence-corrected chi connectivity index (χ0v) is 14.5. The van der Waals surface area contributed by atoms with Crippen LogP contribution in [-0.4, -0.2) is 25.0 Å². The number of anilines is 1. The van der Waals surface area contributed by atoms with Crippen molar-refractivity contribution < 1.29 is 23.1 Å². The fourth-order valence-electron chi connectivity index (χ4n) is 2.27. The Morgan fingerprint density at radius 3 is 2.31 bits per heavy atom. The Labute approximate surface area is 150 Å². The zero-order chi connectivity index (χ0) is 19.1. The second kappa shape index (κ2) is 8.94. The third-order valence-electron chi connectivity index (χ3n) is 3.62. The number of ether oxygens (including phenoxy) is 1. The first-order chi connectivity index (χ1) is 12.4. The van der Waals surface area contributed by atoms with Gasteiger partial charge in [0.25, 0.3) is 5.91 Å². The van der Waals surface area contributed by atoms with Gasteiger partial charge in [-0.3, -0.25) is 9.59 Å². The van der Waals surface area contributed by atoms with Crippen molar-refractivity contribution in [1.82, 2.24) is 5.32 Å². The van der Waals surface area contributed by atoms with Gasteiger partial charge in [0.2, 0.25) is 5.91 Å². The molecule has 2 amide bonds. The lowest BCUT2D eigenvalue weighted by Gasteiger charge is -2.11. The highest BCUT2D eigenvalue weighted by molar-refractivity contribution is 6.00. The molecule has 7 heteroatoms. The second-order valence-electron chi connectivity index (χ2n) is 5.88. The molecule has 138 valence electrons. The van der Waals surface area contributed by atoms with Gasteiger partial charge in [-0.15, -0.1) is 0 Å². The maximum Gasteiger partial charge on any atom is 0.387 e. The highest BCUT2D eigenvalue weighted by Gasteiger charge is 2.16. The molecule has 26 heavy (non-hydrogen) atoms. The monoisotopic (exact) mass is 362 g/mol. The van der Waals surface area contributed by atoms with E-state index in [2.05, 4.69) is 29.2 Å². The van der Waals surface area contributed by atoms with Crippen LogP contribution in [0.25, 0.3) is 0 Å². The predicted octanol–water partition coefficient (Wildman–Crippen LogP) is 3.78. The van der Waals surface area contributed by atoms with Crippen molar-refractivity contribution in [1.29, 1.82) is 0 Å². The van der Waals surface area contributed by atoms with Crippen molar-refractivity contribution in [3.05, 3.63) is 59.7 Å². The molecule has 0 spiro atoms. The molecule has 0 heterocycles. The van der Waals surface area contributed by atoms with Crippen LogP contribution >= 0.6 is 0 Å². The fraction of sp³-hybridized carbons (Fsp3) is 0.263. The molecular weight excluding hydrogens is 342 g/mol. The number of hydrogen-bond donors (Lipinski definition) is 2. The van der Waals surface area contributed by atoms with Gasteiger partial charge in [0.05, 0.1) is 12.1 Å². The number of halogens is 2. The first kappa shape index (κ1) is 19.4. The number of carbonyl (C=O) groups excluding carboxylic acids is 2. The van der Waals surface area contributed by atoms with Crippen LogP contribution < -0.4 is 15.4 Å². The molecule has 0 aliphatic carbocycles. The summed E-state index contributed by atoms with van der Waals surface area (Å²) < 4.78 is 29.1. The normalized spacial score (nSPS) is 10.7. The minimum Gasteiger partial charge on any atom is -0.434 e. The van der Waals surface area contributed by atoms with E-state index in [0.29, 0.717) is 11.6 Å². The lowest BCUT2D eigenvalue weighted by atomic mass is 10.0. The van der Waals surface area contributed by atoms with E-state index in [1.807, 2.05) is 12.1 Å². The number of benzene rings is 2. The zero-order valence-electron chi connectivity index (χ0n) is 14.5. The number of nitrogens with one attached hydrogen (secondary N) is 2. The lowest BCUT2D eigenvalue weighted by molar-refractivity contribution is -0.115. The van der Waals surface area contributed by atoms with Crippen molar-refractivity contribution >= 4 is 17.5 Å². The maximum atomic E-state index is 12.4. The molecular formula is C19H20F2N2O3. The number of carbonyl (C=O) groups is 2. The van der Waals surface area contributed by atoms with Crippen molar-refractivity contribution in [2.24, 2.45) is 0 Å². The summed E-state index contributed by atoms with van der Waals surface area (Å²) in [5.41, 5.74) is 1.68. The Kier molecular flexibility index (Phi) is 6.66. The SMILES string of the molecule is CC(C)c1ccc(NC(=O)CNC(=O)c2ccccc2OC(F)F)cc1. The molecule has 2 N–H and O–H groups in total. The number of para-hydroxylation sites is 1. The largest absolute Gasteiger partial charge is 0.434 e. The molecule has 0 fully saturated rings. The number of alkyl halides is 2. The number of hydrogen-bond acceptors (Lipinski definition) is 3. The molecule has 0 aliphatic rings. The molecule has 0 bridgehead atoms. The van der Waals surface area contributed by atoms with Crippen LogP contribution in [0.4, 0.5) is 14.5 Å². The van der Waals surface area contributed by atoms with Crippen LogP contribution in [0.2, 0.25) is 0 Å². The van der Waals surface area contributed by atoms with Gasteiger partial charge in [-0.05, 0) is 35.7 Å². The molecule has 5 nitrogen and oxygen atoms in total. The Balaban J connectivity index is 1.92. The van der Waals surface area contributed by atoms with Crippen LogP contribution in [0.1, 0.15) is 35.7 Å². The minimum atomic E-state index is -3.04. The molecule has 2 aromatic rings. The molecule has 0 saturated carbocycles. The summed E-state index contributed by atoms with van der Waals surface area (Å²) in [6.07, 6.45) is 0. The molecule has 0 atom stereocenters. The van der Waals surface area contributed by atoms with E-state index in [4.69, 9.17) is 0 Å². The van der Waals surface area contributed by atoms with Crippen molar-refractivity contribution in [3.8, 4) is 5.75 Å². The summed E-state index contributed by atoms with van der Waals surface area (Å²) in [6, 6.07) is 13.0. The average Bonchev–Trinajstić information content (AvgIpc) is 2.60. The summed E-state index contributed by atoms with van der Waals surface area (Å²) in [4.78, 5) is 24.1. The first-order valence-electron chi connectivity index (χ1n) is 8.08. The van der Waals surface area contributed by atoms with Crippen molar-refractivity contribution in [2.75, 3.05) is 11.9 Å². The van der Waals surface area contributed by atoms with Gasteiger partial charge in [-0.1, -0.05) is 38.1 Å². The molecule has 0 radical (unpaired) electrons. The molecule has 0 unspecified atom stereocenters. The topological polar surface area (TPSA) is 67.4 Å². The van der Waals surface area contributed by atoms with Gasteiger partial charge < -0.3 is 15.4 Å². The van der Waals surface area contributed by atoms with Crippen molar-refractivity contribution in [2.45, 2.75) is 26.4 Å². The summed E-state index contributed by atoms with van der Waals surface area (Å²) in [6.45, 7) is 0.798. The highest BCUT2D eigenvalue weighted by Crippen LogP contribution is 2.20. The summed E-state index contributed by atoms with van der Waals surface area (Å²) in [5.74, 6) is -0.964. The summed E-state index contributed by atoms with van der Waals surface area (Å²) >= 11 is 0. The van der Waals surface area contributed by atoms with E-state index >= 15 is 0 Å². The standard InChI is InChI=1S/C19H20F2N2O3/c1-12(2)13-7-9-14(10-8-13)23-17(24)11-22-18(25)15-5-3-4-6-16(15)26-19(20)21/h3-10,12,19H,11H2,1-2H3,(H,22,25)(H,23,24). The van der Waals surface area contributed by atoms with E-state index in [0.717, 1.165) is 5.56 Å². The van der Waals surface area contributed by atoms with E-state index in [-0.39, 0.29) is 17.9 Å². The molecule has 2 aromatic carbocycles. The van der Waals surface area contributed by atoms with Crippen LogP contribution in [0.3, 0.4) is 0 Å². The predicted molar refractivity (Wildman–Crippen MR) is 94.6 cm³/mol. The Bertz CT molecular complexity index is 762. The lowest BCUT2D eigenvalue weighted by Crippen LogP contribution is -2.33. The van der Waals surface area contributed by atoms with Crippen LogP contribution in [0.5, 0.6) is 5.75 Å². The highest BCUT2D eigenvalue weighted by atomic mass is 19.3. The first-order valence-corrected chi connectivity index (χ1v) is 8.08. The maximum absolute atomic E-state index is 12.4. The summed E-state index contributed by atoms with van der Waals surface area (Å²) in [7, 11) is 0. The van der Waals surface area contributed by atoms with Gasteiger partial charge in [-0.2, -0.15) is 8.78 Å². The third kappa shape index (κ3) is 5.54. The Hall–Kier alpha value is -2.96. The molecule has 0 aromatic heterocycles. The quantitative estimate of drug-likeness (QED) is 0.788. The van der Waals surface area contributed by atoms with Crippen molar-refractivity contribution in [3.63, 3.8) is 0 Å². The van der Waals surface area contributed by atoms with E-state index in [1.54, 1.807) is 12.1 Å². The van der Waals surface area contributed by atoms with Gasteiger partial charge in [0, 0.05) is 5.69 Å². The van der Waals surface area contributed by atoms with E-state index in [1.165, 1.54) is 24.3 Å². The fourth-order valence-corrected chi connectivity index (χ4v) is 2.27. The Morgan fingerprint density at radius 1 is 1.04 bits per heavy atom. The minimum absolute atomic E-state index is 0.0677. The van der Waals surface area contributed by atoms with Crippen LogP contribution in [0, 0.1) is 0 Å². The molecule has 0 aliphatic heterocycles. The third-order valence-corrected chi connectivity index (χ3v) is 3.62. The van der Waals surface area contributed by atoms with Gasteiger partial charge in [0.1, 0.15) is 5.75 Å². The van der Waals surface area contributed by atoms with Gasteiger partial charge in [-0.25, -0.2) is 0 Å². The number of rotatable bonds is 7. The summed E-state index contributed by atoms with van der Waals surface area (Å²) in [5, 5.41) is 5.04. The van der Waals surface area contributed by atoms with Crippen LogP contribution in [0.15, 0.2) is 48.5 Å². The average molecular weight is 362 g/mol. The molecule has 2 rings (SSSR count). The van der Waals surface area contributed by atoms with Gasteiger partial charge in [0.15, 0.2) is 0 Å². The van der Waals surface area contributed by atoms with E-state index in [9.17, 15) is 18.4 Å². The van der Waals surface area contributed by atoms with Gasteiger partial charge >= 0.3 is 6.61 Å². The number of amides is 2. The smallest absolute Gasteiger partial charge is 0.387 e. The van der Waals surface area contributed by atoms with Crippen LogP contribution in [-0.2, 0) is 4.79 Å². The molecule has 0 saturated heterocycles.